The molecule has 2 aromatic heterocycles. The molecule has 1 aromatic carbocycles. The SMILES string of the molecule is COc1ccc(N2CCN(C(=O)C3CCN(c4ccc(-n5cncn5)nn4)CC3)CC2)cc1. The number of carbonyl (C=O) groups is 1. The third kappa shape index (κ3) is 4.59. The molecule has 2 fully saturated rings. The van der Waals surface area contributed by atoms with Crippen LogP contribution in [0.4, 0.5) is 11.5 Å². The Bertz CT molecular complexity index is 1040. The van der Waals surface area contributed by atoms with Crippen molar-refractivity contribution >= 4 is 17.4 Å². The number of amides is 1. The van der Waals surface area contributed by atoms with Crippen molar-refractivity contribution in [1.82, 2.24) is 29.9 Å². The van der Waals surface area contributed by atoms with Gasteiger partial charge >= 0.3 is 0 Å². The molecule has 2 aliphatic rings. The van der Waals surface area contributed by atoms with Crippen LogP contribution in [0, 0.1) is 5.92 Å². The summed E-state index contributed by atoms with van der Waals surface area (Å²) in [6.07, 6.45) is 4.74. The molecule has 33 heavy (non-hydrogen) atoms. The monoisotopic (exact) mass is 448 g/mol. The number of hydrogen-bond donors (Lipinski definition) is 0. The number of piperazine rings is 1. The molecule has 2 saturated heterocycles. The first-order chi connectivity index (χ1) is 16.2. The molecule has 172 valence electrons. The van der Waals surface area contributed by atoms with Gasteiger partial charge in [0, 0.05) is 50.9 Å². The van der Waals surface area contributed by atoms with Crippen LogP contribution < -0.4 is 14.5 Å². The normalized spacial score (nSPS) is 17.3. The minimum atomic E-state index is 0.0798. The first-order valence-electron chi connectivity index (χ1n) is 11.3. The van der Waals surface area contributed by atoms with Gasteiger partial charge in [-0.1, -0.05) is 0 Å². The standard InChI is InChI=1S/C23H28N8O2/c1-33-20-4-2-19(3-5-20)28-12-14-30(15-13-28)23(32)18-8-10-29(11-9-18)21-6-7-22(27-26-21)31-17-24-16-25-31/h2-7,16-18H,8-15H2,1H3. The van der Waals surface area contributed by atoms with E-state index in [2.05, 4.69) is 42.2 Å². The average molecular weight is 449 g/mol. The smallest absolute Gasteiger partial charge is 0.225 e. The van der Waals surface area contributed by atoms with E-state index in [1.54, 1.807) is 18.1 Å². The van der Waals surface area contributed by atoms with E-state index in [-0.39, 0.29) is 11.8 Å². The van der Waals surface area contributed by atoms with Crippen molar-refractivity contribution in [2.24, 2.45) is 5.92 Å². The van der Waals surface area contributed by atoms with Gasteiger partial charge in [0.25, 0.3) is 0 Å². The Morgan fingerprint density at radius 1 is 0.879 bits per heavy atom. The van der Waals surface area contributed by atoms with E-state index in [1.807, 2.05) is 29.2 Å². The fourth-order valence-electron chi connectivity index (χ4n) is 4.53. The Hall–Kier alpha value is -3.69. The van der Waals surface area contributed by atoms with E-state index < -0.39 is 0 Å². The number of carbonyl (C=O) groups excluding carboxylic acids is 1. The van der Waals surface area contributed by atoms with Gasteiger partial charge in [0.15, 0.2) is 11.6 Å². The number of piperidine rings is 1. The van der Waals surface area contributed by atoms with Gasteiger partial charge in [0.1, 0.15) is 18.4 Å². The number of anilines is 2. The molecular weight excluding hydrogens is 420 g/mol. The van der Waals surface area contributed by atoms with Crippen molar-refractivity contribution in [1.29, 1.82) is 0 Å². The Labute approximate surface area is 192 Å². The topological polar surface area (TPSA) is 92.5 Å². The average Bonchev–Trinajstić information content (AvgIpc) is 3.44. The molecule has 0 saturated carbocycles. The largest absolute Gasteiger partial charge is 0.497 e. The van der Waals surface area contributed by atoms with Crippen LogP contribution >= 0.6 is 0 Å². The van der Waals surface area contributed by atoms with Crippen LogP contribution in [-0.4, -0.2) is 82.1 Å². The highest BCUT2D eigenvalue weighted by Gasteiger charge is 2.31. The predicted molar refractivity (Wildman–Crippen MR) is 124 cm³/mol. The maximum absolute atomic E-state index is 13.1. The molecular formula is C23H28N8O2. The summed E-state index contributed by atoms with van der Waals surface area (Å²) >= 11 is 0. The van der Waals surface area contributed by atoms with E-state index >= 15 is 0 Å². The van der Waals surface area contributed by atoms with Crippen LogP contribution in [0.1, 0.15) is 12.8 Å². The van der Waals surface area contributed by atoms with Crippen LogP contribution in [0.15, 0.2) is 49.1 Å². The Morgan fingerprint density at radius 3 is 2.18 bits per heavy atom. The van der Waals surface area contributed by atoms with Gasteiger partial charge < -0.3 is 19.4 Å². The number of methoxy groups -OCH3 is 1. The Kier molecular flexibility index (Phi) is 6.05. The summed E-state index contributed by atoms with van der Waals surface area (Å²) < 4.78 is 6.82. The molecule has 0 atom stereocenters. The second-order valence-corrected chi connectivity index (χ2v) is 8.36. The highest BCUT2D eigenvalue weighted by Crippen LogP contribution is 2.25. The Morgan fingerprint density at radius 2 is 1.58 bits per heavy atom. The molecule has 0 unspecified atom stereocenters. The second kappa shape index (κ2) is 9.43. The third-order valence-corrected chi connectivity index (χ3v) is 6.49. The minimum absolute atomic E-state index is 0.0798. The lowest BCUT2D eigenvalue weighted by Gasteiger charge is -2.39. The first-order valence-corrected chi connectivity index (χ1v) is 11.3. The number of rotatable bonds is 5. The summed E-state index contributed by atoms with van der Waals surface area (Å²) in [7, 11) is 1.67. The molecule has 3 aromatic rings. The van der Waals surface area contributed by atoms with Crippen molar-refractivity contribution < 1.29 is 9.53 Å². The third-order valence-electron chi connectivity index (χ3n) is 6.49. The van der Waals surface area contributed by atoms with Gasteiger partial charge in [0.05, 0.1) is 7.11 Å². The van der Waals surface area contributed by atoms with Crippen molar-refractivity contribution in [2.75, 3.05) is 56.2 Å². The van der Waals surface area contributed by atoms with Crippen molar-refractivity contribution in [2.45, 2.75) is 12.8 Å². The van der Waals surface area contributed by atoms with E-state index in [1.165, 1.54) is 12.0 Å². The van der Waals surface area contributed by atoms with Gasteiger partial charge in [-0.25, -0.2) is 9.67 Å². The van der Waals surface area contributed by atoms with Crippen molar-refractivity contribution in [3.63, 3.8) is 0 Å². The number of hydrogen-bond acceptors (Lipinski definition) is 8. The second-order valence-electron chi connectivity index (χ2n) is 8.36. The van der Waals surface area contributed by atoms with Gasteiger partial charge in [0.2, 0.25) is 5.91 Å². The molecule has 10 heteroatoms. The summed E-state index contributed by atoms with van der Waals surface area (Å²) in [5.74, 6) is 2.69. The number of ether oxygens (including phenoxy) is 1. The van der Waals surface area contributed by atoms with E-state index in [0.717, 1.165) is 63.7 Å². The number of benzene rings is 1. The molecule has 1 amide bonds. The molecule has 10 nitrogen and oxygen atoms in total. The summed E-state index contributed by atoms with van der Waals surface area (Å²) in [6, 6.07) is 11.9. The molecule has 0 aliphatic carbocycles. The number of aromatic nitrogens is 5. The summed E-state index contributed by atoms with van der Waals surface area (Å²) in [4.78, 5) is 23.6. The van der Waals surface area contributed by atoms with Crippen LogP contribution in [-0.2, 0) is 4.79 Å². The quantitative estimate of drug-likeness (QED) is 0.582. The fourth-order valence-corrected chi connectivity index (χ4v) is 4.53. The van der Waals surface area contributed by atoms with Crippen molar-refractivity contribution in [3.05, 3.63) is 49.1 Å². The lowest BCUT2D eigenvalue weighted by Crippen LogP contribution is -2.51. The van der Waals surface area contributed by atoms with Gasteiger partial charge in [-0.2, -0.15) is 5.10 Å². The summed E-state index contributed by atoms with van der Waals surface area (Å²) in [5.41, 5.74) is 1.17. The number of nitrogens with zero attached hydrogens (tertiary/aromatic N) is 8. The minimum Gasteiger partial charge on any atom is -0.497 e. The maximum atomic E-state index is 13.1. The van der Waals surface area contributed by atoms with Crippen LogP contribution in [0.2, 0.25) is 0 Å². The highest BCUT2D eigenvalue weighted by atomic mass is 16.5. The van der Waals surface area contributed by atoms with Crippen LogP contribution in [0.5, 0.6) is 5.75 Å². The van der Waals surface area contributed by atoms with Crippen LogP contribution in [0.25, 0.3) is 5.82 Å². The molecule has 0 spiro atoms. The molecule has 0 radical (unpaired) electrons. The zero-order valence-electron chi connectivity index (χ0n) is 18.7. The fraction of sp³-hybridized carbons (Fsp3) is 0.435. The maximum Gasteiger partial charge on any atom is 0.225 e. The molecule has 4 heterocycles. The summed E-state index contributed by atoms with van der Waals surface area (Å²) in [5, 5.41) is 12.7. The van der Waals surface area contributed by atoms with E-state index in [0.29, 0.717) is 5.82 Å². The van der Waals surface area contributed by atoms with Gasteiger partial charge in [-0.3, -0.25) is 4.79 Å². The zero-order chi connectivity index (χ0) is 22.6. The zero-order valence-corrected chi connectivity index (χ0v) is 18.7. The summed E-state index contributed by atoms with van der Waals surface area (Å²) in [6.45, 7) is 4.84. The van der Waals surface area contributed by atoms with Crippen molar-refractivity contribution in [3.8, 4) is 11.6 Å². The lowest BCUT2D eigenvalue weighted by molar-refractivity contribution is -0.136. The molecule has 0 bridgehead atoms. The lowest BCUT2D eigenvalue weighted by atomic mass is 9.95. The first kappa shape index (κ1) is 21.2. The molecule has 5 rings (SSSR count). The van der Waals surface area contributed by atoms with E-state index in [4.69, 9.17) is 4.74 Å². The predicted octanol–water partition coefficient (Wildman–Crippen LogP) is 1.63. The van der Waals surface area contributed by atoms with Gasteiger partial charge in [-0.15, -0.1) is 10.2 Å². The van der Waals surface area contributed by atoms with Crippen LogP contribution in [0.3, 0.4) is 0 Å². The van der Waals surface area contributed by atoms with Gasteiger partial charge in [-0.05, 0) is 49.2 Å². The molecule has 0 N–H and O–H groups in total. The van der Waals surface area contributed by atoms with E-state index in [9.17, 15) is 4.79 Å². The Balaban J connectivity index is 1.11. The molecule has 2 aliphatic heterocycles. The highest BCUT2D eigenvalue weighted by molar-refractivity contribution is 5.79.